The third kappa shape index (κ3) is 5.19. The molecule has 0 unspecified atom stereocenters. The van der Waals surface area contributed by atoms with Gasteiger partial charge in [0.15, 0.2) is 17.5 Å². The van der Waals surface area contributed by atoms with Crippen LogP contribution in [0.5, 0.6) is 0 Å². The number of rotatable bonds is 5. The van der Waals surface area contributed by atoms with Gasteiger partial charge in [-0.25, -0.2) is 18.2 Å². The number of carbonyl (C=O) groups is 1. The predicted molar refractivity (Wildman–Crippen MR) is 169 cm³/mol. The van der Waals surface area contributed by atoms with Crippen molar-refractivity contribution >= 4 is 57.2 Å². The summed E-state index contributed by atoms with van der Waals surface area (Å²) < 4.78 is 46.4. The summed E-state index contributed by atoms with van der Waals surface area (Å²) in [5.74, 6) is -4.73. The van der Waals surface area contributed by atoms with Gasteiger partial charge < -0.3 is 20.9 Å². The Morgan fingerprint density at radius 1 is 1.20 bits per heavy atom. The Balaban J connectivity index is 1.90. The Bertz CT molecular complexity index is 1910. The van der Waals surface area contributed by atoms with Crippen LogP contribution < -0.4 is 21.5 Å². The summed E-state index contributed by atoms with van der Waals surface area (Å²) in [5, 5.41) is 12.5. The quantitative estimate of drug-likeness (QED) is 0.162. The van der Waals surface area contributed by atoms with Crippen LogP contribution >= 0.6 is 23.2 Å². The molecule has 1 amide bonds. The van der Waals surface area contributed by atoms with Gasteiger partial charge in [-0.3, -0.25) is 14.2 Å². The van der Waals surface area contributed by atoms with E-state index in [1.54, 1.807) is 29.0 Å². The van der Waals surface area contributed by atoms with E-state index >= 15 is 8.78 Å². The van der Waals surface area contributed by atoms with Crippen LogP contribution in [0.1, 0.15) is 26.3 Å². The molecule has 0 radical (unpaired) electrons. The molecule has 5 rings (SSSR count). The third-order valence-electron chi connectivity index (χ3n) is 8.02. The van der Waals surface area contributed by atoms with Crippen molar-refractivity contribution in [3.8, 4) is 17.3 Å². The SMILES string of the molecule is C=CC(=O)N1CCN(c2c(C#N)c(=O)n(C3=C(C)C=CN[C@@H]3C(C)C)c3nc(-c4c(F)c(N)c(F)c(Cl)c4F)c(Cl)cc23)CC1. The molecular formula is C31H28Cl2F3N7O2. The number of dihydropyridines is 1. The number of nitrogens with one attached hydrogen (secondary N) is 1. The molecular weight excluding hydrogens is 630 g/mol. The lowest BCUT2D eigenvalue weighted by Crippen LogP contribution is -2.49. The Hall–Kier alpha value is -4.47. The summed E-state index contributed by atoms with van der Waals surface area (Å²) in [6.45, 7) is 10.2. The summed E-state index contributed by atoms with van der Waals surface area (Å²) in [5.41, 5.74) is 3.54. The minimum absolute atomic E-state index is 0.0556. The molecule has 45 heavy (non-hydrogen) atoms. The molecule has 4 heterocycles. The minimum Gasteiger partial charge on any atom is -0.394 e. The monoisotopic (exact) mass is 657 g/mol. The van der Waals surface area contributed by atoms with E-state index in [-0.39, 0.29) is 65.3 Å². The van der Waals surface area contributed by atoms with Crippen LogP contribution in [-0.4, -0.2) is 52.6 Å². The van der Waals surface area contributed by atoms with E-state index in [1.807, 2.05) is 19.9 Å². The largest absolute Gasteiger partial charge is 0.394 e. The molecule has 0 bridgehead atoms. The highest BCUT2D eigenvalue weighted by Crippen LogP contribution is 2.42. The molecule has 14 heteroatoms. The zero-order valence-corrected chi connectivity index (χ0v) is 26.0. The fourth-order valence-corrected chi connectivity index (χ4v) is 6.19. The number of nitrogen functional groups attached to an aromatic ring is 1. The molecule has 0 aliphatic carbocycles. The number of nitriles is 1. The van der Waals surface area contributed by atoms with Crippen LogP contribution in [0, 0.1) is 34.7 Å². The van der Waals surface area contributed by atoms with Crippen molar-refractivity contribution in [1.82, 2.24) is 19.8 Å². The first-order valence-electron chi connectivity index (χ1n) is 13.9. The summed E-state index contributed by atoms with van der Waals surface area (Å²) >= 11 is 12.5. The number of nitrogens with zero attached hydrogens (tertiary/aromatic N) is 5. The van der Waals surface area contributed by atoms with Gasteiger partial charge >= 0.3 is 0 Å². The first-order valence-corrected chi connectivity index (χ1v) is 14.7. The first-order chi connectivity index (χ1) is 21.3. The summed E-state index contributed by atoms with van der Waals surface area (Å²) in [7, 11) is 0. The lowest BCUT2D eigenvalue weighted by atomic mass is 9.94. The molecule has 1 aromatic carbocycles. The van der Waals surface area contributed by atoms with E-state index < -0.39 is 51.0 Å². The zero-order chi connectivity index (χ0) is 32.9. The lowest BCUT2D eigenvalue weighted by Gasteiger charge is -2.37. The van der Waals surface area contributed by atoms with E-state index in [9.17, 15) is 19.2 Å². The molecule has 2 aliphatic rings. The normalized spacial score (nSPS) is 16.8. The topological polar surface area (TPSA) is 120 Å². The Kier molecular flexibility index (Phi) is 8.62. The summed E-state index contributed by atoms with van der Waals surface area (Å²) in [4.78, 5) is 34.5. The number of benzene rings is 1. The molecule has 0 saturated carbocycles. The van der Waals surface area contributed by atoms with Gasteiger partial charge in [0.1, 0.15) is 28.0 Å². The van der Waals surface area contributed by atoms with Gasteiger partial charge in [-0.05, 0) is 42.8 Å². The highest BCUT2D eigenvalue weighted by Gasteiger charge is 2.33. The zero-order valence-electron chi connectivity index (χ0n) is 24.5. The van der Waals surface area contributed by atoms with Gasteiger partial charge in [-0.1, -0.05) is 43.6 Å². The summed E-state index contributed by atoms with van der Waals surface area (Å²) in [6, 6.07) is 2.97. The number of hydrogen-bond acceptors (Lipinski definition) is 7. The van der Waals surface area contributed by atoms with Crippen molar-refractivity contribution < 1.29 is 18.0 Å². The number of halogens is 5. The highest BCUT2D eigenvalue weighted by atomic mass is 35.5. The maximum Gasteiger partial charge on any atom is 0.276 e. The standard InChI is InChI=1S/C31H28Cl2F3N7O2/c1-5-19(44)41-8-10-42(11-9-41)29-16-12-18(32)27(20-22(34)21(33)24(36)25(38)23(20)35)40-30(16)43(31(45)17(29)13-37)28-15(4)6-7-39-26(28)14(2)3/h5-7,12,14,26,39H,1,8-11,38H2,2-4H3/t26-/m1/s1. The Labute approximate surface area is 266 Å². The molecule has 3 N–H and O–H groups in total. The van der Waals surface area contributed by atoms with Crippen molar-refractivity contribution in [1.29, 1.82) is 5.26 Å². The second-order valence-electron chi connectivity index (χ2n) is 11.0. The average Bonchev–Trinajstić information content (AvgIpc) is 3.02. The van der Waals surface area contributed by atoms with E-state index in [0.717, 1.165) is 0 Å². The fourth-order valence-electron chi connectivity index (χ4n) is 5.75. The second kappa shape index (κ2) is 12.1. The fraction of sp³-hybridized carbons (Fsp3) is 0.290. The van der Waals surface area contributed by atoms with Crippen LogP contribution in [0.4, 0.5) is 24.5 Å². The van der Waals surface area contributed by atoms with E-state index in [4.69, 9.17) is 28.9 Å². The minimum atomic E-state index is -1.47. The molecule has 9 nitrogen and oxygen atoms in total. The summed E-state index contributed by atoms with van der Waals surface area (Å²) in [6.07, 6.45) is 4.70. The van der Waals surface area contributed by atoms with Gasteiger partial charge in [-0.2, -0.15) is 5.26 Å². The van der Waals surface area contributed by atoms with Gasteiger partial charge in [-0.15, -0.1) is 0 Å². The number of pyridine rings is 2. The molecule has 1 atom stereocenters. The van der Waals surface area contributed by atoms with Crippen molar-refractivity contribution in [2.45, 2.75) is 26.8 Å². The Morgan fingerprint density at radius 2 is 1.87 bits per heavy atom. The highest BCUT2D eigenvalue weighted by molar-refractivity contribution is 6.34. The van der Waals surface area contributed by atoms with E-state index in [1.165, 1.54) is 16.7 Å². The van der Waals surface area contributed by atoms with Gasteiger partial charge in [0.05, 0.1) is 33.7 Å². The maximum atomic E-state index is 15.4. The number of amides is 1. The molecule has 2 aromatic heterocycles. The van der Waals surface area contributed by atoms with E-state index in [2.05, 4.69) is 16.9 Å². The number of nitrogens with two attached hydrogens (primary N) is 1. The molecule has 0 spiro atoms. The van der Waals surface area contributed by atoms with E-state index in [0.29, 0.717) is 11.3 Å². The number of hydrogen-bond donors (Lipinski definition) is 2. The Morgan fingerprint density at radius 3 is 2.47 bits per heavy atom. The molecule has 1 fully saturated rings. The van der Waals surface area contributed by atoms with Crippen molar-refractivity contribution in [2.24, 2.45) is 5.92 Å². The van der Waals surface area contributed by atoms with Crippen LogP contribution in [0.3, 0.4) is 0 Å². The van der Waals surface area contributed by atoms with Crippen molar-refractivity contribution in [3.05, 3.63) is 80.0 Å². The second-order valence-corrected chi connectivity index (χ2v) is 11.8. The van der Waals surface area contributed by atoms with Crippen LogP contribution in [0.25, 0.3) is 28.0 Å². The average molecular weight is 659 g/mol. The number of aromatic nitrogens is 2. The van der Waals surface area contributed by atoms with Crippen LogP contribution in [-0.2, 0) is 4.79 Å². The van der Waals surface area contributed by atoms with Gasteiger partial charge in [0.2, 0.25) is 5.91 Å². The molecule has 2 aliphatic heterocycles. The number of allylic oxidation sites excluding steroid dienone is 2. The number of piperazine rings is 1. The molecule has 1 saturated heterocycles. The lowest BCUT2D eigenvalue weighted by molar-refractivity contribution is -0.126. The third-order valence-corrected chi connectivity index (χ3v) is 8.64. The first kappa shape index (κ1) is 31.9. The number of fused-ring (bicyclic) bond motifs is 1. The molecule has 234 valence electrons. The number of carbonyl (C=O) groups excluding carboxylic acids is 1. The smallest absolute Gasteiger partial charge is 0.276 e. The van der Waals surface area contributed by atoms with Gasteiger partial charge in [0.25, 0.3) is 5.56 Å². The number of anilines is 2. The van der Waals surface area contributed by atoms with Crippen molar-refractivity contribution in [3.63, 3.8) is 0 Å². The molecule has 3 aromatic rings. The maximum absolute atomic E-state index is 15.4. The van der Waals surface area contributed by atoms with Gasteiger partial charge in [0, 0.05) is 31.6 Å². The van der Waals surface area contributed by atoms with Crippen LogP contribution in [0.15, 0.2) is 41.4 Å². The van der Waals surface area contributed by atoms with Crippen molar-refractivity contribution in [2.75, 3.05) is 36.8 Å². The van der Waals surface area contributed by atoms with Crippen LogP contribution in [0.2, 0.25) is 10.0 Å². The predicted octanol–water partition coefficient (Wildman–Crippen LogP) is 5.45.